The number of hydrogen-bond donors (Lipinski definition) is 1. The van der Waals surface area contributed by atoms with Gasteiger partial charge in [-0.05, 0) is 12.1 Å². The fourth-order valence-electron chi connectivity index (χ4n) is 1.41. The Hall–Kier alpha value is -1.92. The van der Waals surface area contributed by atoms with E-state index in [2.05, 4.69) is 0 Å². The minimum absolute atomic E-state index is 0.305. The number of halogens is 5. The van der Waals surface area contributed by atoms with Crippen LogP contribution < -0.4 is 5.43 Å². The van der Waals surface area contributed by atoms with Crippen LogP contribution in [0.5, 0.6) is 0 Å². The van der Waals surface area contributed by atoms with Gasteiger partial charge in [0.1, 0.15) is 5.69 Å². The van der Waals surface area contributed by atoms with Gasteiger partial charge in [0.15, 0.2) is 17.1 Å². The van der Waals surface area contributed by atoms with E-state index in [1.165, 1.54) is 0 Å². The summed E-state index contributed by atoms with van der Waals surface area (Å²) in [6.07, 6.45) is -4.83. The molecule has 2 rings (SSSR count). The van der Waals surface area contributed by atoms with Crippen molar-refractivity contribution in [3.63, 3.8) is 0 Å². The number of nitrogens with one attached hydrogen (secondary N) is 1. The fourth-order valence-corrected chi connectivity index (χ4v) is 1.41. The van der Waals surface area contributed by atoms with Gasteiger partial charge in [-0.2, -0.15) is 13.2 Å². The molecule has 7 heteroatoms. The van der Waals surface area contributed by atoms with Crippen LogP contribution in [0.4, 0.5) is 22.0 Å². The second-order valence-corrected chi connectivity index (χ2v) is 3.33. The Kier molecular flexibility index (Phi) is 2.41. The summed E-state index contributed by atoms with van der Waals surface area (Å²) in [5.41, 5.74) is -3.23. The molecule has 0 saturated carbocycles. The van der Waals surface area contributed by atoms with Crippen molar-refractivity contribution in [3.8, 4) is 0 Å². The fraction of sp³-hybridized carbons (Fsp3) is 0.100. The molecule has 1 aromatic carbocycles. The second kappa shape index (κ2) is 3.54. The van der Waals surface area contributed by atoms with Crippen LogP contribution >= 0.6 is 0 Å². The van der Waals surface area contributed by atoms with Crippen molar-refractivity contribution >= 4 is 10.9 Å². The Labute approximate surface area is 90.7 Å². The minimum Gasteiger partial charge on any atom is -0.348 e. The molecule has 0 aliphatic rings. The van der Waals surface area contributed by atoms with E-state index < -0.39 is 34.5 Å². The zero-order chi connectivity index (χ0) is 12.8. The first kappa shape index (κ1) is 11.6. The lowest BCUT2D eigenvalue weighted by atomic mass is 10.2. The molecule has 0 spiro atoms. The molecule has 1 aromatic heterocycles. The largest absolute Gasteiger partial charge is 0.431 e. The number of fused-ring (bicyclic) bond motifs is 1. The van der Waals surface area contributed by atoms with E-state index in [0.717, 1.165) is 6.07 Å². The number of alkyl halides is 3. The van der Waals surface area contributed by atoms with Gasteiger partial charge < -0.3 is 4.98 Å². The smallest absolute Gasteiger partial charge is 0.348 e. The molecule has 0 amide bonds. The normalized spacial score (nSPS) is 12.1. The van der Waals surface area contributed by atoms with Crippen molar-refractivity contribution in [2.24, 2.45) is 0 Å². The third kappa shape index (κ3) is 1.88. The Morgan fingerprint density at radius 3 is 2.35 bits per heavy atom. The minimum atomic E-state index is -4.83. The van der Waals surface area contributed by atoms with Crippen LogP contribution in [0, 0.1) is 11.6 Å². The SMILES string of the molecule is O=c1cc(C(F)(F)F)[nH]c2c(F)c(F)ccc12. The Morgan fingerprint density at radius 1 is 1.12 bits per heavy atom. The van der Waals surface area contributed by atoms with Crippen LogP contribution in [0.1, 0.15) is 5.69 Å². The maximum absolute atomic E-state index is 13.2. The van der Waals surface area contributed by atoms with Gasteiger partial charge in [0.05, 0.1) is 5.52 Å². The number of aromatic amines is 1. The van der Waals surface area contributed by atoms with E-state index in [-0.39, 0.29) is 5.39 Å². The predicted molar refractivity (Wildman–Crippen MR) is 49.5 cm³/mol. The van der Waals surface area contributed by atoms with Crippen molar-refractivity contribution in [2.45, 2.75) is 6.18 Å². The summed E-state index contributed by atoms with van der Waals surface area (Å²) in [5, 5.41) is -0.336. The molecule has 1 N–H and O–H groups in total. The Bertz CT molecular complexity index is 643. The van der Waals surface area contributed by atoms with E-state index in [9.17, 15) is 26.7 Å². The predicted octanol–water partition coefficient (Wildman–Crippen LogP) is 2.83. The lowest BCUT2D eigenvalue weighted by Crippen LogP contribution is -2.14. The summed E-state index contributed by atoms with van der Waals surface area (Å²) >= 11 is 0. The molecule has 0 unspecified atom stereocenters. The molecule has 0 saturated heterocycles. The highest BCUT2D eigenvalue weighted by atomic mass is 19.4. The van der Waals surface area contributed by atoms with Gasteiger partial charge in [0, 0.05) is 11.5 Å². The van der Waals surface area contributed by atoms with Gasteiger partial charge in [-0.15, -0.1) is 0 Å². The highest BCUT2D eigenvalue weighted by Gasteiger charge is 2.32. The lowest BCUT2D eigenvalue weighted by Gasteiger charge is -2.08. The molecule has 0 atom stereocenters. The molecule has 90 valence electrons. The third-order valence-electron chi connectivity index (χ3n) is 2.20. The molecular formula is C10H4F5NO. The van der Waals surface area contributed by atoms with Crippen LogP contribution in [0.3, 0.4) is 0 Å². The molecule has 2 nitrogen and oxygen atoms in total. The average Bonchev–Trinajstić information content (AvgIpc) is 2.22. The van der Waals surface area contributed by atoms with Crippen molar-refractivity contribution in [2.75, 3.05) is 0 Å². The maximum atomic E-state index is 13.2. The van der Waals surface area contributed by atoms with Gasteiger partial charge in [-0.3, -0.25) is 4.79 Å². The van der Waals surface area contributed by atoms with Crippen molar-refractivity contribution in [3.05, 3.63) is 45.8 Å². The number of pyridine rings is 1. The Balaban J connectivity index is 2.89. The van der Waals surface area contributed by atoms with E-state index in [0.29, 0.717) is 12.1 Å². The maximum Gasteiger partial charge on any atom is 0.431 e. The molecule has 0 bridgehead atoms. The van der Waals surface area contributed by atoms with Crippen molar-refractivity contribution < 1.29 is 22.0 Å². The first-order valence-corrected chi connectivity index (χ1v) is 4.39. The number of aromatic nitrogens is 1. The zero-order valence-electron chi connectivity index (χ0n) is 8.03. The van der Waals surface area contributed by atoms with E-state index in [4.69, 9.17) is 0 Å². The summed E-state index contributed by atoms with van der Waals surface area (Å²) in [6.45, 7) is 0. The van der Waals surface area contributed by atoms with Gasteiger partial charge >= 0.3 is 6.18 Å². The van der Waals surface area contributed by atoms with Crippen molar-refractivity contribution in [1.29, 1.82) is 0 Å². The molecule has 1 heterocycles. The van der Waals surface area contributed by atoms with E-state index >= 15 is 0 Å². The van der Waals surface area contributed by atoms with E-state index in [1.54, 1.807) is 4.98 Å². The zero-order valence-corrected chi connectivity index (χ0v) is 8.03. The molecular weight excluding hydrogens is 245 g/mol. The van der Waals surface area contributed by atoms with Crippen LogP contribution in [-0.4, -0.2) is 4.98 Å². The summed E-state index contributed by atoms with van der Waals surface area (Å²) in [7, 11) is 0. The lowest BCUT2D eigenvalue weighted by molar-refractivity contribution is -0.141. The molecule has 17 heavy (non-hydrogen) atoms. The van der Waals surface area contributed by atoms with Crippen molar-refractivity contribution in [1.82, 2.24) is 4.98 Å². The number of H-pyrrole nitrogens is 1. The van der Waals surface area contributed by atoms with Gasteiger partial charge in [0.25, 0.3) is 0 Å². The number of hydrogen-bond acceptors (Lipinski definition) is 1. The highest BCUT2D eigenvalue weighted by molar-refractivity contribution is 5.79. The monoisotopic (exact) mass is 249 g/mol. The average molecular weight is 249 g/mol. The molecule has 0 aliphatic heterocycles. The Morgan fingerprint density at radius 2 is 1.76 bits per heavy atom. The quantitative estimate of drug-likeness (QED) is 0.715. The highest BCUT2D eigenvalue weighted by Crippen LogP contribution is 2.28. The summed E-state index contributed by atoms with van der Waals surface area (Å²) in [4.78, 5) is 13.0. The number of rotatable bonds is 0. The third-order valence-corrected chi connectivity index (χ3v) is 2.20. The van der Waals surface area contributed by atoms with Gasteiger partial charge in [-0.1, -0.05) is 0 Å². The van der Waals surface area contributed by atoms with Gasteiger partial charge in [-0.25, -0.2) is 8.78 Å². The van der Waals surface area contributed by atoms with Crippen LogP contribution in [0.2, 0.25) is 0 Å². The first-order chi connectivity index (χ1) is 7.80. The number of benzene rings is 1. The van der Waals surface area contributed by atoms with Gasteiger partial charge in [0.2, 0.25) is 0 Å². The van der Waals surface area contributed by atoms with Crippen LogP contribution in [0.15, 0.2) is 23.0 Å². The van der Waals surface area contributed by atoms with Crippen LogP contribution in [0.25, 0.3) is 10.9 Å². The summed E-state index contributed by atoms with van der Waals surface area (Å²) < 4.78 is 63.1. The summed E-state index contributed by atoms with van der Waals surface area (Å²) in [6, 6.07) is 1.91. The topological polar surface area (TPSA) is 32.9 Å². The second-order valence-electron chi connectivity index (χ2n) is 3.33. The molecule has 2 aromatic rings. The molecule has 0 radical (unpaired) electrons. The standard InChI is InChI=1S/C10H4F5NO/c11-5-2-1-4-6(17)3-7(10(13,14)15)16-9(4)8(5)12/h1-3H,(H,16,17). The molecule has 0 fully saturated rings. The van der Waals surface area contributed by atoms with E-state index in [1.807, 2.05) is 0 Å². The van der Waals surface area contributed by atoms with Crippen LogP contribution in [-0.2, 0) is 6.18 Å². The molecule has 0 aliphatic carbocycles. The summed E-state index contributed by atoms with van der Waals surface area (Å²) in [5.74, 6) is -2.84. The first-order valence-electron chi connectivity index (χ1n) is 4.39.